The van der Waals surface area contributed by atoms with Crippen molar-refractivity contribution in [3.63, 3.8) is 0 Å². The molecule has 0 fully saturated rings. The summed E-state index contributed by atoms with van der Waals surface area (Å²) in [5.74, 6) is 0.299. The lowest BCUT2D eigenvalue weighted by atomic mass is 10.0. The molecule has 25 heavy (non-hydrogen) atoms. The summed E-state index contributed by atoms with van der Waals surface area (Å²) >= 11 is 7.04. The van der Waals surface area contributed by atoms with Crippen LogP contribution < -0.4 is 14.8 Å². The summed E-state index contributed by atoms with van der Waals surface area (Å²) < 4.78 is 15.7. The van der Waals surface area contributed by atoms with Crippen LogP contribution in [0.4, 0.5) is 0 Å². The van der Waals surface area contributed by atoms with E-state index in [1.54, 1.807) is 30.3 Å². The molecule has 1 aromatic heterocycles. The van der Waals surface area contributed by atoms with Gasteiger partial charge in [-0.1, -0.05) is 17.7 Å². The van der Waals surface area contributed by atoms with E-state index in [2.05, 4.69) is 5.32 Å². The van der Waals surface area contributed by atoms with Gasteiger partial charge in [0.25, 0.3) is 5.91 Å². The lowest BCUT2D eigenvalue weighted by Gasteiger charge is -2.19. The highest BCUT2D eigenvalue weighted by Gasteiger charge is 2.22. The zero-order valence-electron chi connectivity index (χ0n) is 14.0. The maximum Gasteiger partial charge on any atom is 0.307 e. The summed E-state index contributed by atoms with van der Waals surface area (Å²) in [4.78, 5) is 24.6. The highest BCUT2D eigenvalue weighted by molar-refractivity contribution is 7.18. The Morgan fingerprint density at radius 2 is 1.84 bits per heavy atom. The second-order valence-corrected chi connectivity index (χ2v) is 6.74. The van der Waals surface area contributed by atoms with Crippen molar-refractivity contribution in [3.8, 4) is 11.5 Å². The van der Waals surface area contributed by atoms with E-state index in [-0.39, 0.29) is 12.3 Å². The Balaban J connectivity index is 2.29. The Morgan fingerprint density at radius 1 is 1.12 bits per heavy atom. The van der Waals surface area contributed by atoms with Crippen molar-refractivity contribution in [2.75, 3.05) is 21.3 Å². The van der Waals surface area contributed by atoms with E-state index in [0.29, 0.717) is 26.3 Å². The van der Waals surface area contributed by atoms with Crippen LogP contribution in [0.5, 0.6) is 11.5 Å². The number of halogens is 1. The molecule has 0 aliphatic heterocycles. The third-order valence-electron chi connectivity index (χ3n) is 3.51. The van der Waals surface area contributed by atoms with Crippen molar-refractivity contribution in [2.24, 2.45) is 0 Å². The minimum absolute atomic E-state index is 0.0170. The summed E-state index contributed by atoms with van der Waals surface area (Å²) in [5.41, 5.74) is 0.694. The standard InChI is InChI=1S/C17H18ClNO5S/c1-22-12-5-4-10(8-13(12)23-2)11(9-16(20)24-3)19-17(21)14-6-7-15(18)25-14/h4-8,11H,9H2,1-3H3,(H,19,21). The van der Waals surface area contributed by atoms with E-state index in [4.69, 9.17) is 25.8 Å². The normalized spacial score (nSPS) is 11.5. The molecule has 1 heterocycles. The van der Waals surface area contributed by atoms with E-state index in [9.17, 15) is 9.59 Å². The van der Waals surface area contributed by atoms with Crippen molar-refractivity contribution in [1.82, 2.24) is 5.32 Å². The number of carbonyl (C=O) groups is 2. The molecular weight excluding hydrogens is 366 g/mol. The minimum Gasteiger partial charge on any atom is -0.493 e. The first kappa shape index (κ1) is 19.1. The molecule has 0 radical (unpaired) electrons. The highest BCUT2D eigenvalue weighted by atomic mass is 35.5. The number of amides is 1. The maximum absolute atomic E-state index is 12.4. The average Bonchev–Trinajstić information content (AvgIpc) is 3.06. The molecule has 1 unspecified atom stereocenters. The Bertz CT molecular complexity index is 761. The van der Waals surface area contributed by atoms with Gasteiger partial charge in [0.15, 0.2) is 11.5 Å². The van der Waals surface area contributed by atoms with Crippen molar-refractivity contribution in [2.45, 2.75) is 12.5 Å². The van der Waals surface area contributed by atoms with Crippen LogP contribution in [0.2, 0.25) is 4.34 Å². The van der Waals surface area contributed by atoms with Crippen LogP contribution >= 0.6 is 22.9 Å². The predicted octanol–water partition coefficient (Wildman–Crippen LogP) is 3.45. The fourth-order valence-electron chi connectivity index (χ4n) is 2.24. The quantitative estimate of drug-likeness (QED) is 0.741. The third kappa shape index (κ3) is 4.87. The topological polar surface area (TPSA) is 73.9 Å². The molecule has 6 nitrogen and oxygen atoms in total. The van der Waals surface area contributed by atoms with E-state index in [0.717, 1.165) is 11.3 Å². The van der Waals surface area contributed by atoms with Crippen molar-refractivity contribution < 1.29 is 23.8 Å². The highest BCUT2D eigenvalue weighted by Crippen LogP contribution is 2.31. The van der Waals surface area contributed by atoms with Gasteiger partial charge in [0.2, 0.25) is 0 Å². The molecule has 0 saturated heterocycles. The van der Waals surface area contributed by atoms with Crippen molar-refractivity contribution in [3.05, 3.63) is 45.1 Å². The largest absolute Gasteiger partial charge is 0.493 e. The zero-order chi connectivity index (χ0) is 18.4. The van der Waals surface area contributed by atoms with Crippen LogP contribution in [0.1, 0.15) is 27.7 Å². The number of carbonyl (C=O) groups excluding carboxylic acids is 2. The number of nitrogens with one attached hydrogen (secondary N) is 1. The first-order chi connectivity index (χ1) is 12.0. The molecule has 1 aromatic carbocycles. The van der Waals surface area contributed by atoms with Gasteiger partial charge in [-0.15, -0.1) is 11.3 Å². The monoisotopic (exact) mass is 383 g/mol. The van der Waals surface area contributed by atoms with Crippen molar-refractivity contribution in [1.29, 1.82) is 0 Å². The lowest BCUT2D eigenvalue weighted by Crippen LogP contribution is -2.30. The van der Waals surface area contributed by atoms with Crippen LogP contribution in [0, 0.1) is 0 Å². The first-order valence-corrected chi connectivity index (χ1v) is 8.52. The molecule has 0 bridgehead atoms. The van der Waals surface area contributed by atoms with Gasteiger partial charge in [-0.25, -0.2) is 0 Å². The van der Waals surface area contributed by atoms with Gasteiger partial charge in [0.05, 0.1) is 43.0 Å². The van der Waals surface area contributed by atoms with Gasteiger partial charge in [0.1, 0.15) is 0 Å². The summed E-state index contributed by atoms with van der Waals surface area (Å²) in [7, 11) is 4.35. The lowest BCUT2D eigenvalue weighted by molar-refractivity contribution is -0.141. The van der Waals surface area contributed by atoms with Gasteiger partial charge < -0.3 is 19.5 Å². The Kier molecular flexibility index (Phi) is 6.66. The number of thiophene rings is 1. The molecule has 2 aromatic rings. The molecule has 1 N–H and O–H groups in total. The Labute approximate surface area is 154 Å². The number of rotatable bonds is 7. The fraction of sp³-hybridized carbons (Fsp3) is 0.294. The summed E-state index contributed by atoms with van der Waals surface area (Å²) in [6.07, 6.45) is -0.0170. The van der Waals surface area contributed by atoms with Crippen LogP contribution in [-0.4, -0.2) is 33.2 Å². The molecule has 2 rings (SSSR count). The second-order valence-electron chi connectivity index (χ2n) is 5.02. The Morgan fingerprint density at radius 3 is 2.40 bits per heavy atom. The number of ether oxygens (including phenoxy) is 3. The molecule has 8 heteroatoms. The van der Waals surface area contributed by atoms with Crippen molar-refractivity contribution >= 4 is 34.8 Å². The first-order valence-electron chi connectivity index (χ1n) is 7.33. The van der Waals surface area contributed by atoms with E-state index in [1.807, 2.05) is 0 Å². The third-order valence-corrected chi connectivity index (χ3v) is 4.74. The molecule has 0 aliphatic rings. The molecule has 1 atom stereocenters. The molecule has 134 valence electrons. The number of hydrogen-bond acceptors (Lipinski definition) is 6. The summed E-state index contributed by atoms with van der Waals surface area (Å²) in [6, 6.07) is 7.89. The molecule has 0 saturated carbocycles. The van der Waals surface area contributed by atoms with Crippen LogP contribution in [-0.2, 0) is 9.53 Å². The van der Waals surface area contributed by atoms with Crippen LogP contribution in [0.25, 0.3) is 0 Å². The van der Waals surface area contributed by atoms with E-state index >= 15 is 0 Å². The number of esters is 1. The summed E-state index contributed by atoms with van der Waals surface area (Å²) in [5, 5.41) is 2.83. The zero-order valence-corrected chi connectivity index (χ0v) is 15.6. The molecule has 1 amide bonds. The smallest absolute Gasteiger partial charge is 0.307 e. The molecule has 0 spiro atoms. The molecule has 0 aliphatic carbocycles. The average molecular weight is 384 g/mol. The number of benzene rings is 1. The van der Waals surface area contributed by atoms with Gasteiger partial charge in [0, 0.05) is 0 Å². The van der Waals surface area contributed by atoms with Crippen LogP contribution in [0.15, 0.2) is 30.3 Å². The Hall–Kier alpha value is -2.25. The van der Waals surface area contributed by atoms with Gasteiger partial charge in [-0.2, -0.15) is 0 Å². The van der Waals surface area contributed by atoms with Gasteiger partial charge >= 0.3 is 5.97 Å². The van der Waals surface area contributed by atoms with E-state index < -0.39 is 12.0 Å². The van der Waals surface area contributed by atoms with Gasteiger partial charge in [-0.3, -0.25) is 9.59 Å². The van der Waals surface area contributed by atoms with E-state index in [1.165, 1.54) is 21.3 Å². The number of methoxy groups -OCH3 is 3. The fourth-order valence-corrected chi connectivity index (χ4v) is 3.18. The van der Waals surface area contributed by atoms with Gasteiger partial charge in [-0.05, 0) is 29.8 Å². The summed E-state index contributed by atoms with van der Waals surface area (Å²) in [6.45, 7) is 0. The SMILES string of the molecule is COC(=O)CC(NC(=O)c1ccc(Cl)s1)c1ccc(OC)c(OC)c1. The maximum atomic E-state index is 12.4. The second kappa shape index (κ2) is 8.73. The predicted molar refractivity (Wildman–Crippen MR) is 95.7 cm³/mol. The molecular formula is C17H18ClNO5S. The van der Waals surface area contributed by atoms with Crippen LogP contribution in [0.3, 0.4) is 0 Å². The number of hydrogen-bond donors (Lipinski definition) is 1. The minimum atomic E-state index is -0.583.